The number of thiophene rings is 1. The molecule has 0 fully saturated rings. The van der Waals surface area contributed by atoms with Gasteiger partial charge in [0.1, 0.15) is 4.88 Å². The Balaban J connectivity index is 3.13. The molecule has 1 aromatic rings. The van der Waals surface area contributed by atoms with Crippen molar-refractivity contribution < 1.29 is 14.5 Å². The Labute approximate surface area is 78.1 Å². The maximum atomic E-state index is 11.0. The van der Waals surface area contributed by atoms with Crippen molar-refractivity contribution in [3.8, 4) is 0 Å². The molecule has 0 atom stereocenters. The molecule has 1 rings (SSSR count). The number of hydrogen-bond acceptors (Lipinski definition) is 5. The van der Waals surface area contributed by atoms with Gasteiger partial charge in [0.2, 0.25) is 0 Å². The second-order valence-corrected chi connectivity index (χ2v) is 3.20. The van der Waals surface area contributed by atoms with E-state index < -0.39 is 10.9 Å². The Hall–Kier alpha value is -1.43. The van der Waals surface area contributed by atoms with E-state index in [4.69, 9.17) is 0 Å². The molecule has 0 bridgehead atoms. The maximum Gasteiger partial charge on any atom is 0.348 e. The molecule has 0 radical (unpaired) electrons. The lowest BCUT2D eigenvalue weighted by Gasteiger charge is -1.94. The molecule has 0 saturated heterocycles. The van der Waals surface area contributed by atoms with E-state index in [0.717, 1.165) is 11.3 Å². The monoisotopic (exact) mass is 201 g/mol. The van der Waals surface area contributed by atoms with Crippen LogP contribution in [-0.2, 0) is 4.74 Å². The van der Waals surface area contributed by atoms with E-state index in [1.165, 1.54) is 19.4 Å². The summed E-state index contributed by atoms with van der Waals surface area (Å²) in [6.07, 6.45) is 0. The second-order valence-electron chi connectivity index (χ2n) is 2.32. The van der Waals surface area contributed by atoms with Crippen LogP contribution in [0, 0.1) is 17.0 Å². The molecule has 0 aromatic carbocycles. The van der Waals surface area contributed by atoms with E-state index in [1.54, 1.807) is 0 Å². The molecule has 0 aliphatic heterocycles. The summed E-state index contributed by atoms with van der Waals surface area (Å²) in [6, 6.07) is 0. The van der Waals surface area contributed by atoms with Crippen molar-refractivity contribution in [2.45, 2.75) is 6.92 Å². The third-order valence-corrected chi connectivity index (χ3v) is 2.63. The molecule has 1 aromatic heterocycles. The lowest BCUT2D eigenvalue weighted by molar-refractivity contribution is -0.385. The van der Waals surface area contributed by atoms with Crippen LogP contribution in [0.4, 0.5) is 5.69 Å². The van der Waals surface area contributed by atoms with Crippen LogP contribution in [0.1, 0.15) is 15.2 Å². The zero-order valence-corrected chi connectivity index (χ0v) is 7.88. The zero-order valence-electron chi connectivity index (χ0n) is 7.07. The van der Waals surface area contributed by atoms with Gasteiger partial charge >= 0.3 is 5.97 Å². The van der Waals surface area contributed by atoms with Crippen LogP contribution in [0.15, 0.2) is 5.38 Å². The first-order chi connectivity index (χ1) is 6.07. The molecule has 70 valence electrons. The van der Waals surface area contributed by atoms with E-state index in [2.05, 4.69) is 4.74 Å². The van der Waals surface area contributed by atoms with Crippen molar-refractivity contribution in [2.75, 3.05) is 7.11 Å². The molecule has 0 N–H and O–H groups in total. The van der Waals surface area contributed by atoms with E-state index in [0.29, 0.717) is 5.56 Å². The summed E-state index contributed by atoms with van der Waals surface area (Å²) in [4.78, 5) is 21.2. The summed E-state index contributed by atoms with van der Waals surface area (Å²) in [7, 11) is 1.24. The number of nitrogens with zero attached hydrogens (tertiary/aromatic N) is 1. The minimum atomic E-state index is -0.532. The number of ether oxygens (including phenoxy) is 1. The largest absolute Gasteiger partial charge is 0.465 e. The van der Waals surface area contributed by atoms with Crippen molar-refractivity contribution in [1.29, 1.82) is 0 Å². The highest BCUT2D eigenvalue weighted by Crippen LogP contribution is 2.28. The number of rotatable bonds is 2. The Morgan fingerprint density at radius 1 is 1.69 bits per heavy atom. The SMILES string of the molecule is COC(=O)c1scc([N+](=O)[O-])c1C. The van der Waals surface area contributed by atoms with Gasteiger partial charge in [-0.2, -0.15) is 0 Å². The van der Waals surface area contributed by atoms with Gasteiger partial charge in [-0.3, -0.25) is 10.1 Å². The first-order valence-corrected chi connectivity index (χ1v) is 4.26. The highest BCUT2D eigenvalue weighted by molar-refractivity contribution is 7.12. The number of hydrogen-bond donors (Lipinski definition) is 0. The fourth-order valence-electron chi connectivity index (χ4n) is 0.882. The lowest BCUT2D eigenvalue weighted by Crippen LogP contribution is -2.00. The van der Waals surface area contributed by atoms with Gasteiger partial charge in [-0.15, -0.1) is 11.3 Å². The average Bonchev–Trinajstić information content (AvgIpc) is 2.46. The molecule has 0 aliphatic carbocycles. The minimum Gasteiger partial charge on any atom is -0.465 e. The molecule has 1 heterocycles. The fraction of sp³-hybridized carbons (Fsp3) is 0.286. The van der Waals surface area contributed by atoms with E-state index in [1.807, 2.05) is 0 Å². The normalized spacial score (nSPS) is 9.69. The third-order valence-electron chi connectivity index (χ3n) is 1.58. The summed E-state index contributed by atoms with van der Waals surface area (Å²) in [5.74, 6) is -0.532. The van der Waals surface area contributed by atoms with Crippen molar-refractivity contribution in [3.05, 3.63) is 25.9 Å². The van der Waals surface area contributed by atoms with Crippen molar-refractivity contribution >= 4 is 23.0 Å². The minimum absolute atomic E-state index is 0.0367. The number of nitro groups is 1. The van der Waals surface area contributed by atoms with Crippen molar-refractivity contribution in [2.24, 2.45) is 0 Å². The number of esters is 1. The topological polar surface area (TPSA) is 69.4 Å². The molecule has 0 unspecified atom stereocenters. The van der Waals surface area contributed by atoms with Gasteiger partial charge in [0.05, 0.1) is 23.0 Å². The standard InChI is InChI=1S/C7H7NO4S/c1-4-5(8(10)11)3-13-6(4)7(9)12-2/h3H,1-2H3. The van der Waals surface area contributed by atoms with Gasteiger partial charge in [-0.25, -0.2) is 4.79 Å². The fourth-order valence-corrected chi connectivity index (χ4v) is 1.83. The average molecular weight is 201 g/mol. The quantitative estimate of drug-likeness (QED) is 0.415. The molecular weight excluding hydrogens is 194 g/mol. The van der Waals surface area contributed by atoms with Crippen LogP contribution in [0.25, 0.3) is 0 Å². The molecule has 13 heavy (non-hydrogen) atoms. The number of methoxy groups -OCH3 is 1. The molecule has 0 spiro atoms. The summed E-state index contributed by atoms with van der Waals surface area (Å²) >= 11 is 1.02. The molecule has 0 saturated carbocycles. The molecule has 0 amide bonds. The zero-order chi connectivity index (χ0) is 10.0. The van der Waals surface area contributed by atoms with Gasteiger partial charge in [-0.1, -0.05) is 0 Å². The summed E-state index contributed by atoms with van der Waals surface area (Å²) < 4.78 is 4.46. The van der Waals surface area contributed by atoms with E-state index in [-0.39, 0.29) is 10.6 Å². The summed E-state index contributed by atoms with van der Waals surface area (Å²) in [6.45, 7) is 1.53. The summed E-state index contributed by atoms with van der Waals surface area (Å²) in [5, 5.41) is 11.7. The van der Waals surface area contributed by atoms with Crippen LogP contribution in [0.5, 0.6) is 0 Å². The van der Waals surface area contributed by atoms with Crippen LogP contribution >= 0.6 is 11.3 Å². The third kappa shape index (κ3) is 1.67. The van der Waals surface area contributed by atoms with Gasteiger partial charge in [-0.05, 0) is 6.92 Å². The lowest BCUT2D eigenvalue weighted by atomic mass is 10.2. The first-order valence-electron chi connectivity index (χ1n) is 3.38. The second kappa shape index (κ2) is 3.53. The molecule has 6 heteroatoms. The van der Waals surface area contributed by atoms with Gasteiger partial charge in [0.25, 0.3) is 5.69 Å². The van der Waals surface area contributed by atoms with Crippen LogP contribution in [0.2, 0.25) is 0 Å². The Bertz CT molecular complexity index is 357. The number of carbonyl (C=O) groups excluding carboxylic acids is 1. The molecular formula is C7H7NO4S. The summed E-state index contributed by atoms with van der Waals surface area (Å²) in [5.41, 5.74) is 0.326. The van der Waals surface area contributed by atoms with Gasteiger partial charge in [0.15, 0.2) is 0 Å². The molecule has 5 nitrogen and oxygen atoms in total. The van der Waals surface area contributed by atoms with Crippen molar-refractivity contribution in [1.82, 2.24) is 0 Å². The van der Waals surface area contributed by atoms with Gasteiger partial charge < -0.3 is 4.74 Å². The van der Waals surface area contributed by atoms with Crippen LogP contribution in [-0.4, -0.2) is 18.0 Å². The van der Waals surface area contributed by atoms with E-state index >= 15 is 0 Å². The maximum absolute atomic E-state index is 11.0. The van der Waals surface area contributed by atoms with Crippen LogP contribution < -0.4 is 0 Å². The molecule has 0 aliphatic rings. The van der Waals surface area contributed by atoms with Crippen molar-refractivity contribution in [3.63, 3.8) is 0 Å². The first kappa shape index (κ1) is 9.66. The number of carbonyl (C=O) groups is 1. The highest BCUT2D eigenvalue weighted by Gasteiger charge is 2.21. The Kier molecular flexibility index (Phi) is 2.62. The Morgan fingerprint density at radius 2 is 2.31 bits per heavy atom. The van der Waals surface area contributed by atoms with E-state index in [9.17, 15) is 14.9 Å². The predicted molar refractivity (Wildman–Crippen MR) is 47.0 cm³/mol. The Morgan fingerprint density at radius 3 is 2.69 bits per heavy atom. The van der Waals surface area contributed by atoms with Gasteiger partial charge in [0, 0.05) is 0 Å². The smallest absolute Gasteiger partial charge is 0.348 e. The van der Waals surface area contributed by atoms with Crippen LogP contribution in [0.3, 0.4) is 0 Å². The highest BCUT2D eigenvalue weighted by atomic mass is 32.1. The predicted octanol–water partition coefficient (Wildman–Crippen LogP) is 1.75.